The van der Waals surface area contributed by atoms with Crippen molar-refractivity contribution in [3.8, 4) is 0 Å². The standard InChI is InChI=1S/C13H13FN4O/c14-11-3-1-2-10(8-11)12(4-5-15)17-13(19)18-7-6-16-9-18/h1-3,5-9,12,15H,4H2,(H,17,19)/t12-/m0/s1. The minimum Gasteiger partial charge on any atom is -0.330 e. The summed E-state index contributed by atoms with van der Waals surface area (Å²) >= 11 is 0. The Kier molecular flexibility index (Phi) is 4.02. The number of rotatable bonds is 4. The van der Waals surface area contributed by atoms with Crippen molar-refractivity contribution in [1.29, 1.82) is 5.41 Å². The minimum atomic E-state index is -0.442. The number of carbonyl (C=O) groups excluding carboxylic acids is 1. The molecule has 0 fully saturated rings. The predicted molar refractivity (Wildman–Crippen MR) is 68.7 cm³/mol. The third kappa shape index (κ3) is 3.25. The molecule has 0 spiro atoms. The summed E-state index contributed by atoms with van der Waals surface area (Å²) in [6, 6.07) is 5.17. The summed E-state index contributed by atoms with van der Waals surface area (Å²) in [6.07, 6.45) is 5.87. The molecule has 0 aliphatic heterocycles. The van der Waals surface area contributed by atoms with Gasteiger partial charge in [0, 0.05) is 18.8 Å². The summed E-state index contributed by atoms with van der Waals surface area (Å²) in [5.41, 5.74) is 0.622. The molecule has 1 atom stereocenters. The molecule has 1 heterocycles. The Hall–Kier alpha value is -2.50. The molecule has 0 aliphatic rings. The zero-order chi connectivity index (χ0) is 13.7. The fraction of sp³-hybridized carbons (Fsp3) is 0.154. The van der Waals surface area contributed by atoms with Gasteiger partial charge in [-0.25, -0.2) is 14.2 Å². The van der Waals surface area contributed by atoms with E-state index in [0.717, 1.165) is 0 Å². The summed E-state index contributed by atoms with van der Waals surface area (Å²) in [7, 11) is 0. The van der Waals surface area contributed by atoms with Gasteiger partial charge in [-0.1, -0.05) is 12.1 Å². The van der Waals surface area contributed by atoms with Gasteiger partial charge in [0.05, 0.1) is 6.04 Å². The van der Waals surface area contributed by atoms with E-state index in [0.29, 0.717) is 12.0 Å². The first-order chi connectivity index (χ1) is 9.20. The summed E-state index contributed by atoms with van der Waals surface area (Å²) in [4.78, 5) is 15.7. The quantitative estimate of drug-likeness (QED) is 0.828. The highest BCUT2D eigenvalue weighted by atomic mass is 19.1. The second-order valence-corrected chi connectivity index (χ2v) is 3.97. The fourth-order valence-corrected chi connectivity index (χ4v) is 1.72. The van der Waals surface area contributed by atoms with Crippen LogP contribution in [0.3, 0.4) is 0 Å². The summed E-state index contributed by atoms with van der Waals surface area (Å²) in [5.74, 6) is -0.371. The van der Waals surface area contributed by atoms with Gasteiger partial charge in [-0.05, 0) is 23.9 Å². The maximum Gasteiger partial charge on any atom is 0.327 e. The van der Waals surface area contributed by atoms with Crippen molar-refractivity contribution >= 4 is 12.2 Å². The third-order valence-electron chi connectivity index (χ3n) is 2.64. The number of aromatic nitrogens is 2. The number of amides is 1. The van der Waals surface area contributed by atoms with Crippen LogP contribution in [0.25, 0.3) is 0 Å². The van der Waals surface area contributed by atoms with Gasteiger partial charge in [0.15, 0.2) is 0 Å². The largest absolute Gasteiger partial charge is 0.330 e. The number of halogens is 1. The van der Waals surface area contributed by atoms with E-state index in [-0.39, 0.29) is 11.8 Å². The average molecular weight is 260 g/mol. The molecule has 0 radical (unpaired) electrons. The smallest absolute Gasteiger partial charge is 0.327 e. The Morgan fingerprint density at radius 2 is 2.42 bits per heavy atom. The van der Waals surface area contributed by atoms with Gasteiger partial charge in [0.2, 0.25) is 0 Å². The first-order valence-corrected chi connectivity index (χ1v) is 5.74. The second-order valence-electron chi connectivity index (χ2n) is 3.97. The van der Waals surface area contributed by atoms with Crippen LogP contribution >= 0.6 is 0 Å². The molecule has 6 heteroatoms. The molecule has 0 saturated carbocycles. The maximum atomic E-state index is 13.2. The minimum absolute atomic E-state index is 0.296. The molecule has 2 N–H and O–H groups in total. The van der Waals surface area contributed by atoms with E-state index in [1.165, 1.54) is 41.6 Å². The molecular formula is C13H13FN4O. The van der Waals surface area contributed by atoms with Gasteiger partial charge in [-0.3, -0.25) is 4.57 Å². The molecule has 0 bridgehead atoms. The lowest BCUT2D eigenvalue weighted by Crippen LogP contribution is -2.32. The number of imidazole rings is 1. The molecule has 19 heavy (non-hydrogen) atoms. The molecule has 2 rings (SSSR count). The van der Waals surface area contributed by atoms with Crippen molar-refractivity contribution in [3.63, 3.8) is 0 Å². The van der Waals surface area contributed by atoms with Crippen molar-refractivity contribution < 1.29 is 9.18 Å². The first-order valence-electron chi connectivity index (χ1n) is 5.74. The first kappa shape index (κ1) is 12.9. The number of nitrogens with one attached hydrogen (secondary N) is 2. The SMILES string of the molecule is N=CC[C@H](NC(=O)n1ccnc1)c1cccc(F)c1. The van der Waals surface area contributed by atoms with Crippen LogP contribution in [-0.4, -0.2) is 21.8 Å². The molecule has 0 unspecified atom stereocenters. The number of hydrogen-bond donors (Lipinski definition) is 2. The van der Waals surface area contributed by atoms with E-state index >= 15 is 0 Å². The van der Waals surface area contributed by atoms with Crippen molar-refractivity contribution in [1.82, 2.24) is 14.9 Å². The highest BCUT2D eigenvalue weighted by Gasteiger charge is 2.14. The Balaban J connectivity index is 2.16. The average Bonchev–Trinajstić information content (AvgIpc) is 2.92. The lowest BCUT2D eigenvalue weighted by atomic mass is 10.0. The van der Waals surface area contributed by atoms with Crippen LogP contribution in [0, 0.1) is 11.2 Å². The van der Waals surface area contributed by atoms with Gasteiger partial charge in [0.1, 0.15) is 12.1 Å². The van der Waals surface area contributed by atoms with Crippen LogP contribution < -0.4 is 5.32 Å². The molecule has 1 aromatic carbocycles. The van der Waals surface area contributed by atoms with Crippen LogP contribution in [0.2, 0.25) is 0 Å². The molecule has 1 amide bonds. The van der Waals surface area contributed by atoms with E-state index in [1.54, 1.807) is 12.1 Å². The number of nitrogens with zero attached hydrogens (tertiary/aromatic N) is 2. The Morgan fingerprint density at radius 3 is 3.05 bits per heavy atom. The molecule has 0 aliphatic carbocycles. The van der Waals surface area contributed by atoms with Crippen LogP contribution in [0.1, 0.15) is 18.0 Å². The van der Waals surface area contributed by atoms with E-state index in [4.69, 9.17) is 5.41 Å². The summed E-state index contributed by atoms with van der Waals surface area (Å²) in [5, 5.41) is 9.90. The Bertz CT molecular complexity index is 568. The molecule has 5 nitrogen and oxygen atoms in total. The van der Waals surface area contributed by atoms with Crippen LogP contribution in [-0.2, 0) is 0 Å². The monoisotopic (exact) mass is 260 g/mol. The van der Waals surface area contributed by atoms with Crippen molar-refractivity contribution in [2.24, 2.45) is 0 Å². The van der Waals surface area contributed by atoms with Crippen molar-refractivity contribution in [2.75, 3.05) is 0 Å². The van der Waals surface area contributed by atoms with Crippen LogP contribution in [0.5, 0.6) is 0 Å². The molecule has 2 aromatic rings. The lowest BCUT2D eigenvalue weighted by molar-refractivity contribution is 0.239. The molecule has 98 valence electrons. The highest BCUT2D eigenvalue weighted by Crippen LogP contribution is 2.17. The summed E-state index contributed by atoms with van der Waals surface area (Å²) in [6.45, 7) is 0. The number of benzene rings is 1. The normalized spacial score (nSPS) is 11.8. The zero-order valence-corrected chi connectivity index (χ0v) is 10.1. The number of carbonyl (C=O) groups is 1. The Morgan fingerprint density at radius 1 is 1.58 bits per heavy atom. The van der Waals surface area contributed by atoms with Gasteiger partial charge < -0.3 is 10.7 Å². The van der Waals surface area contributed by atoms with E-state index in [2.05, 4.69) is 10.3 Å². The van der Waals surface area contributed by atoms with E-state index in [1.807, 2.05) is 0 Å². The maximum absolute atomic E-state index is 13.2. The van der Waals surface area contributed by atoms with E-state index < -0.39 is 6.04 Å². The lowest BCUT2D eigenvalue weighted by Gasteiger charge is -2.17. The van der Waals surface area contributed by atoms with E-state index in [9.17, 15) is 9.18 Å². The van der Waals surface area contributed by atoms with Crippen LogP contribution in [0.15, 0.2) is 43.0 Å². The topological polar surface area (TPSA) is 70.8 Å². The van der Waals surface area contributed by atoms with Crippen LogP contribution in [0.4, 0.5) is 9.18 Å². The van der Waals surface area contributed by atoms with Gasteiger partial charge in [-0.2, -0.15) is 0 Å². The molecular weight excluding hydrogens is 247 g/mol. The fourth-order valence-electron chi connectivity index (χ4n) is 1.72. The van der Waals surface area contributed by atoms with Crippen molar-refractivity contribution in [3.05, 3.63) is 54.4 Å². The molecule has 1 aromatic heterocycles. The van der Waals surface area contributed by atoms with Gasteiger partial charge in [-0.15, -0.1) is 0 Å². The third-order valence-corrected chi connectivity index (χ3v) is 2.64. The second kappa shape index (κ2) is 5.90. The zero-order valence-electron chi connectivity index (χ0n) is 10.1. The Labute approximate surface area is 109 Å². The van der Waals surface area contributed by atoms with Gasteiger partial charge >= 0.3 is 6.03 Å². The van der Waals surface area contributed by atoms with Gasteiger partial charge in [0.25, 0.3) is 0 Å². The highest BCUT2D eigenvalue weighted by molar-refractivity contribution is 5.77. The predicted octanol–water partition coefficient (Wildman–Crippen LogP) is 2.36. The number of hydrogen-bond acceptors (Lipinski definition) is 3. The van der Waals surface area contributed by atoms with Crippen molar-refractivity contribution in [2.45, 2.75) is 12.5 Å². The molecule has 0 saturated heterocycles. The summed E-state index contributed by atoms with van der Waals surface area (Å²) < 4.78 is 14.5.